The number of hydrogen-bond donors (Lipinski definition) is 1. The van der Waals surface area contributed by atoms with Crippen molar-refractivity contribution in [2.75, 3.05) is 12.8 Å². The number of aryl methyl sites for hydroxylation is 1. The van der Waals surface area contributed by atoms with E-state index in [0.717, 1.165) is 5.56 Å². The Bertz CT molecular complexity index is 561. The third-order valence-electron chi connectivity index (χ3n) is 2.89. The maximum absolute atomic E-state index is 12.1. The molecule has 1 aromatic heterocycles. The molecule has 0 spiro atoms. The second-order valence-corrected chi connectivity index (χ2v) is 4.62. The molecule has 1 amide bonds. The number of carbonyl (C=O) groups excluding carboxylic acids is 1. The van der Waals surface area contributed by atoms with Crippen LogP contribution in [0.2, 0.25) is 0 Å². The van der Waals surface area contributed by atoms with Crippen molar-refractivity contribution in [2.24, 2.45) is 0 Å². The highest BCUT2D eigenvalue weighted by molar-refractivity contribution is 5.92. The van der Waals surface area contributed by atoms with Gasteiger partial charge in [-0.3, -0.25) is 4.79 Å². The van der Waals surface area contributed by atoms with E-state index in [2.05, 4.69) is 4.98 Å². The Hall–Kier alpha value is -2.36. The smallest absolute Gasteiger partial charge is 0.272 e. The number of nitrogens with two attached hydrogens (primary N) is 1. The van der Waals surface area contributed by atoms with Crippen LogP contribution in [0.3, 0.4) is 0 Å². The largest absolute Gasteiger partial charge is 0.397 e. The van der Waals surface area contributed by atoms with Crippen molar-refractivity contribution in [1.29, 1.82) is 0 Å². The molecule has 2 rings (SSSR count). The molecule has 2 N–H and O–H groups in total. The molecular formula is C15H17N3O. The highest BCUT2D eigenvalue weighted by Crippen LogP contribution is 2.09. The molecule has 0 aliphatic carbocycles. The van der Waals surface area contributed by atoms with Crippen molar-refractivity contribution in [3.05, 3.63) is 59.4 Å². The van der Waals surface area contributed by atoms with Crippen LogP contribution in [-0.2, 0) is 6.54 Å². The second-order valence-electron chi connectivity index (χ2n) is 4.62. The Balaban J connectivity index is 2.07. The molecule has 19 heavy (non-hydrogen) atoms. The van der Waals surface area contributed by atoms with Crippen molar-refractivity contribution >= 4 is 11.6 Å². The molecule has 0 aliphatic rings. The first-order chi connectivity index (χ1) is 9.06. The summed E-state index contributed by atoms with van der Waals surface area (Å²) in [5.41, 5.74) is 8.81. The molecule has 1 heterocycles. The van der Waals surface area contributed by atoms with Gasteiger partial charge in [0.05, 0.1) is 11.9 Å². The molecular weight excluding hydrogens is 238 g/mol. The number of carbonyl (C=O) groups is 1. The normalized spacial score (nSPS) is 10.2. The highest BCUT2D eigenvalue weighted by Gasteiger charge is 2.12. The van der Waals surface area contributed by atoms with Crippen molar-refractivity contribution in [2.45, 2.75) is 13.5 Å². The van der Waals surface area contributed by atoms with Crippen molar-refractivity contribution < 1.29 is 4.79 Å². The van der Waals surface area contributed by atoms with Gasteiger partial charge in [0, 0.05) is 13.6 Å². The van der Waals surface area contributed by atoms with E-state index in [4.69, 9.17) is 5.73 Å². The third-order valence-corrected chi connectivity index (χ3v) is 2.89. The lowest BCUT2D eigenvalue weighted by molar-refractivity contribution is 0.0779. The highest BCUT2D eigenvalue weighted by atomic mass is 16.2. The lowest BCUT2D eigenvalue weighted by Gasteiger charge is -2.17. The van der Waals surface area contributed by atoms with E-state index in [1.807, 2.05) is 31.2 Å². The van der Waals surface area contributed by atoms with Gasteiger partial charge in [0.1, 0.15) is 5.69 Å². The van der Waals surface area contributed by atoms with Gasteiger partial charge in [-0.25, -0.2) is 4.98 Å². The van der Waals surface area contributed by atoms with Gasteiger partial charge in [-0.2, -0.15) is 0 Å². The molecule has 0 saturated carbocycles. The van der Waals surface area contributed by atoms with Crippen molar-refractivity contribution in [1.82, 2.24) is 9.88 Å². The van der Waals surface area contributed by atoms with Crippen LogP contribution in [0.5, 0.6) is 0 Å². The van der Waals surface area contributed by atoms with E-state index < -0.39 is 0 Å². The number of aromatic nitrogens is 1. The number of benzene rings is 1. The number of amides is 1. The maximum atomic E-state index is 12.1. The van der Waals surface area contributed by atoms with Gasteiger partial charge in [-0.05, 0) is 24.6 Å². The van der Waals surface area contributed by atoms with Gasteiger partial charge in [0.15, 0.2) is 0 Å². The predicted molar refractivity (Wildman–Crippen MR) is 75.6 cm³/mol. The van der Waals surface area contributed by atoms with E-state index in [0.29, 0.717) is 17.9 Å². The average molecular weight is 255 g/mol. The molecule has 0 atom stereocenters. The lowest BCUT2D eigenvalue weighted by Crippen LogP contribution is -2.26. The fourth-order valence-corrected chi connectivity index (χ4v) is 1.77. The molecule has 4 heteroatoms. The summed E-state index contributed by atoms with van der Waals surface area (Å²) in [6, 6.07) is 11.4. The summed E-state index contributed by atoms with van der Waals surface area (Å²) in [6.45, 7) is 2.60. The van der Waals surface area contributed by atoms with E-state index in [-0.39, 0.29) is 5.91 Å². The Morgan fingerprint density at radius 2 is 1.89 bits per heavy atom. The van der Waals surface area contributed by atoms with Gasteiger partial charge < -0.3 is 10.6 Å². The summed E-state index contributed by atoms with van der Waals surface area (Å²) in [4.78, 5) is 17.8. The summed E-state index contributed by atoms with van der Waals surface area (Å²) in [5.74, 6) is -0.111. The first kappa shape index (κ1) is 13.1. The standard InChI is InChI=1S/C15H17N3O/c1-11-3-5-12(6-4-11)10-18(2)15(19)14-8-7-13(16)9-17-14/h3-9H,10,16H2,1-2H3. The van der Waals surface area contributed by atoms with Gasteiger partial charge in [-0.1, -0.05) is 29.8 Å². The molecule has 0 unspecified atom stereocenters. The lowest BCUT2D eigenvalue weighted by atomic mass is 10.1. The topological polar surface area (TPSA) is 59.2 Å². The van der Waals surface area contributed by atoms with Gasteiger partial charge in [-0.15, -0.1) is 0 Å². The van der Waals surface area contributed by atoms with E-state index in [9.17, 15) is 4.79 Å². The Kier molecular flexibility index (Phi) is 3.80. The summed E-state index contributed by atoms with van der Waals surface area (Å²) >= 11 is 0. The number of nitrogen functional groups attached to an aromatic ring is 1. The van der Waals surface area contributed by atoms with Crippen LogP contribution in [0.15, 0.2) is 42.6 Å². The van der Waals surface area contributed by atoms with Crippen LogP contribution in [0.1, 0.15) is 21.6 Å². The molecule has 0 bridgehead atoms. The SMILES string of the molecule is Cc1ccc(CN(C)C(=O)c2ccc(N)cn2)cc1. The number of nitrogens with zero attached hydrogens (tertiary/aromatic N) is 2. The Morgan fingerprint density at radius 3 is 2.47 bits per heavy atom. The first-order valence-electron chi connectivity index (χ1n) is 6.09. The van der Waals surface area contributed by atoms with E-state index in [1.165, 1.54) is 11.8 Å². The Labute approximate surface area is 112 Å². The molecule has 4 nitrogen and oxygen atoms in total. The van der Waals surface area contributed by atoms with Crippen LogP contribution in [-0.4, -0.2) is 22.8 Å². The van der Waals surface area contributed by atoms with Crippen LogP contribution >= 0.6 is 0 Å². The molecule has 2 aromatic rings. The van der Waals surface area contributed by atoms with E-state index in [1.54, 1.807) is 24.1 Å². The molecule has 1 aromatic carbocycles. The predicted octanol–water partition coefficient (Wildman–Crippen LogP) is 2.24. The summed E-state index contributed by atoms with van der Waals surface area (Å²) < 4.78 is 0. The fourth-order valence-electron chi connectivity index (χ4n) is 1.77. The zero-order chi connectivity index (χ0) is 13.8. The van der Waals surface area contributed by atoms with Crippen LogP contribution < -0.4 is 5.73 Å². The second kappa shape index (κ2) is 5.52. The van der Waals surface area contributed by atoms with Crippen molar-refractivity contribution in [3.8, 4) is 0 Å². The van der Waals surface area contributed by atoms with Crippen LogP contribution in [0, 0.1) is 6.92 Å². The fraction of sp³-hybridized carbons (Fsp3) is 0.200. The summed E-state index contributed by atoms with van der Waals surface area (Å²) in [6.07, 6.45) is 1.49. The number of rotatable bonds is 3. The zero-order valence-electron chi connectivity index (χ0n) is 11.1. The third kappa shape index (κ3) is 3.31. The van der Waals surface area contributed by atoms with Crippen molar-refractivity contribution in [3.63, 3.8) is 0 Å². The summed E-state index contributed by atoms with van der Waals surface area (Å²) in [7, 11) is 1.76. The number of hydrogen-bond acceptors (Lipinski definition) is 3. The van der Waals surface area contributed by atoms with E-state index >= 15 is 0 Å². The number of anilines is 1. The quantitative estimate of drug-likeness (QED) is 0.915. The van der Waals surface area contributed by atoms with Crippen LogP contribution in [0.4, 0.5) is 5.69 Å². The minimum atomic E-state index is -0.111. The molecule has 0 radical (unpaired) electrons. The minimum absolute atomic E-state index is 0.111. The van der Waals surface area contributed by atoms with Gasteiger partial charge in [0.2, 0.25) is 0 Å². The van der Waals surface area contributed by atoms with Gasteiger partial charge in [0.25, 0.3) is 5.91 Å². The average Bonchev–Trinajstić information content (AvgIpc) is 2.41. The Morgan fingerprint density at radius 1 is 1.21 bits per heavy atom. The van der Waals surface area contributed by atoms with Crippen LogP contribution in [0.25, 0.3) is 0 Å². The molecule has 0 fully saturated rings. The van der Waals surface area contributed by atoms with Gasteiger partial charge >= 0.3 is 0 Å². The zero-order valence-corrected chi connectivity index (χ0v) is 11.1. The summed E-state index contributed by atoms with van der Waals surface area (Å²) in [5, 5.41) is 0. The molecule has 0 saturated heterocycles. The first-order valence-corrected chi connectivity index (χ1v) is 6.09. The monoisotopic (exact) mass is 255 g/mol. The molecule has 98 valence electrons. The minimum Gasteiger partial charge on any atom is -0.397 e. The maximum Gasteiger partial charge on any atom is 0.272 e. The number of pyridine rings is 1. The molecule has 0 aliphatic heterocycles.